The van der Waals surface area contributed by atoms with Crippen molar-refractivity contribution < 1.29 is 4.74 Å². The third-order valence-corrected chi connectivity index (χ3v) is 4.41. The summed E-state index contributed by atoms with van der Waals surface area (Å²) in [5.41, 5.74) is 5.19. The summed E-state index contributed by atoms with van der Waals surface area (Å²) in [6, 6.07) is 12.8. The fraction of sp³-hybridized carbons (Fsp3) is 0.143. The summed E-state index contributed by atoms with van der Waals surface area (Å²) in [5, 5.41) is 0. The molecule has 17 heavy (non-hydrogen) atoms. The van der Waals surface area contributed by atoms with E-state index in [0.717, 1.165) is 8.95 Å². The van der Waals surface area contributed by atoms with Gasteiger partial charge in [0.25, 0.3) is 0 Å². The smallest absolute Gasteiger partial charge is 0.114 e. The maximum atomic E-state index is 5.78. The van der Waals surface area contributed by atoms with E-state index >= 15 is 0 Å². The highest BCUT2D eigenvalue weighted by Crippen LogP contribution is 2.59. The van der Waals surface area contributed by atoms with Gasteiger partial charge in [0.05, 0.1) is 0 Å². The van der Waals surface area contributed by atoms with Crippen LogP contribution in [0.2, 0.25) is 0 Å². The molecule has 2 aliphatic rings. The summed E-state index contributed by atoms with van der Waals surface area (Å²) < 4.78 is 8.00. The van der Waals surface area contributed by atoms with Crippen molar-refractivity contribution in [1.82, 2.24) is 0 Å². The fourth-order valence-electron chi connectivity index (χ4n) is 2.61. The van der Waals surface area contributed by atoms with Crippen molar-refractivity contribution in [2.24, 2.45) is 0 Å². The Morgan fingerprint density at radius 1 is 0.765 bits per heavy atom. The molecule has 0 N–H and O–H groups in total. The first-order valence-corrected chi connectivity index (χ1v) is 7.07. The second-order valence-corrected chi connectivity index (χ2v) is 6.27. The predicted octanol–water partition coefficient (Wildman–Crippen LogP) is 5.00. The van der Waals surface area contributed by atoms with Crippen LogP contribution in [0.3, 0.4) is 0 Å². The number of hydrogen-bond acceptors (Lipinski definition) is 1. The molecule has 1 heterocycles. The van der Waals surface area contributed by atoms with Crippen molar-refractivity contribution in [3.05, 3.63) is 56.5 Å². The van der Waals surface area contributed by atoms with E-state index < -0.39 is 0 Å². The van der Waals surface area contributed by atoms with E-state index in [9.17, 15) is 0 Å². The first kappa shape index (κ1) is 10.3. The van der Waals surface area contributed by atoms with E-state index in [-0.39, 0.29) is 12.2 Å². The number of ether oxygens (including phenoxy) is 1. The lowest BCUT2D eigenvalue weighted by molar-refractivity contribution is 0.380. The Kier molecular flexibility index (Phi) is 2.08. The van der Waals surface area contributed by atoms with E-state index in [4.69, 9.17) is 4.74 Å². The highest BCUT2D eigenvalue weighted by atomic mass is 79.9. The van der Waals surface area contributed by atoms with Crippen LogP contribution in [-0.4, -0.2) is 0 Å². The van der Waals surface area contributed by atoms with E-state index in [1.165, 1.54) is 22.3 Å². The molecule has 1 fully saturated rings. The second kappa shape index (κ2) is 3.44. The SMILES string of the molecule is Brc1ccc2c(c1)-c1cc(Br)ccc1[C@@H]1O[C@H]21. The monoisotopic (exact) mass is 350 g/mol. The van der Waals surface area contributed by atoms with E-state index in [1.807, 2.05) is 0 Å². The maximum Gasteiger partial charge on any atom is 0.114 e. The van der Waals surface area contributed by atoms with Crippen LogP contribution in [0, 0.1) is 0 Å². The van der Waals surface area contributed by atoms with Gasteiger partial charge in [-0.1, -0.05) is 44.0 Å². The Balaban J connectivity index is 2.06. The van der Waals surface area contributed by atoms with Gasteiger partial charge in [0, 0.05) is 8.95 Å². The summed E-state index contributed by atoms with van der Waals surface area (Å²) in [4.78, 5) is 0. The molecule has 0 radical (unpaired) electrons. The molecule has 0 bridgehead atoms. The Hall–Kier alpha value is -0.640. The van der Waals surface area contributed by atoms with Crippen LogP contribution in [-0.2, 0) is 4.74 Å². The highest BCUT2D eigenvalue weighted by molar-refractivity contribution is 9.10. The first-order chi connectivity index (χ1) is 8.24. The molecule has 1 nitrogen and oxygen atoms in total. The standard InChI is InChI=1S/C14H8Br2O/c15-7-1-3-9-11(5-7)12-6-8(16)2-4-10(12)14-13(9)17-14/h1-6,13-14H/t13-,14+. The Labute approximate surface area is 116 Å². The van der Waals surface area contributed by atoms with Gasteiger partial charge < -0.3 is 4.74 Å². The van der Waals surface area contributed by atoms with Crippen LogP contribution < -0.4 is 0 Å². The molecular weight excluding hydrogens is 344 g/mol. The summed E-state index contributed by atoms with van der Waals surface area (Å²) >= 11 is 7.08. The van der Waals surface area contributed by atoms with E-state index in [0.29, 0.717) is 0 Å². The molecule has 0 aromatic heterocycles. The van der Waals surface area contributed by atoms with Gasteiger partial charge in [-0.15, -0.1) is 0 Å². The lowest BCUT2D eigenvalue weighted by Crippen LogP contribution is -1.99. The third-order valence-electron chi connectivity index (χ3n) is 3.43. The molecule has 4 rings (SSSR count). The quantitative estimate of drug-likeness (QED) is 0.608. The summed E-state index contributed by atoms with van der Waals surface area (Å²) in [6.45, 7) is 0. The number of rotatable bonds is 0. The zero-order chi connectivity index (χ0) is 11.6. The van der Waals surface area contributed by atoms with Gasteiger partial charge in [-0.3, -0.25) is 0 Å². The molecule has 0 spiro atoms. The van der Waals surface area contributed by atoms with Gasteiger partial charge in [-0.05, 0) is 46.5 Å². The van der Waals surface area contributed by atoms with Crippen LogP contribution in [0.25, 0.3) is 11.1 Å². The number of halogens is 2. The van der Waals surface area contributed by atoms with Crippen molar-refractivity contribution in [3.63, 3.8) is 0 Å². The molecular formula is C14H8Br2O. The average Bonchev–Trinajstić information content (AvgIpc) is 3.09. The zero-order valence-corrected chi connectivity index (χ0v) is 12.0. The average molecular weight is 352 g/mol. The summed E-state index contributed by atoms with van der Waals surface area (Å²) in [5.74, 6) is 0. The van der Waals surface area contributed by atoms with Crippen molar-refractivity contribution in [1.29, 1.82) is 0 Å². The number of hydrogen-bond donors (Lipinski definition) is 0. The van der Waals surface area contributed by atoms with Crippen LogP contribution in [0.15, 0.2) is 45.3 Å². The fourth-order valence-corrected chi connectivity index (χ4v) is 3.33. The lowest BCUT2D eigenvalue weighted by Gasteiger charge is -2.17. The normalized spacial score (nSPS) is 23.6. The van der Waals surface area contributed by atoms with Crippen LogP contribution in [0.5, 0.6) is 0 Å². The molecule has 1 aliphatic heterocycles. The minimum atomic E-state index is 0.270. The van der Waals surface area contributed by atoms with Crippen molar-refractivity contribution in [3.8, 4) is 11.1 Å². The number of epoxide rings is 1. The van der Waals surface area contributed by atoms with Crippen molar-refractivity contribution in [2.45, 2.75) is 12.2 Å². The van der Waals surface area contributed by atoms with Gasteiger partial charge in [0.1, 0.15) is 12.2 Å². The Morgan fingerprint density at radius 2 is 1.24 bits per heavy atom. The minimum Gasteiger partial charge on any atom is -0.359 e. The Morgan fingerprint density at radius 3 is 1.71 bits per heavy atom. The van der Waals surface area contributed by atoms with Crippen LogP contribution in [0.4, 0.5) is 0 Å². The van der Waals surface area contributed by atoms with Crippen LogP contribution >= 0.6 is 31.9 Å². The summed E-state index contributed by atoms with van der Waals surface area (Å²) in [6.07, 6.45) is 0.540. The van der Waals surface area contributed by atoms with E-state index in [2.05, 4.69) is 68.3 Å². The third kappa shape index (κ3) is 1.46. The van der Waals surface area contributed by atoms with Gasteiger partial charge in [0.15, 0.2) is 0 Å². The summed E-state index contributed by atoms with van der Waals surface area (Å²) in [7, 11) is 0. The molecule has 1 saturated heterocycles. The van der Waals surface area contributed by atoms with E-state index in [1.54, 1.807) is 0 Å². The molecule has 2 aromatic carbocycles. The number of fused-ring (bicyclic) bond motifs is 6. The van der Waals surface area contributed by atoms with Gasteiger partial charge in [0.2, 0.25) is 0 Å². The van der Waals surface area contributed by atoms with Crippen LogP contribution in [0.1, 0.15) is 23.3 Å². The molecule has 0 unspecified atom stereocenters. The molecule has 84 valence electrons. The second-order valence-electron chi connectivity index (χ2n) is 4.44. The zero-order valence-electron chi connectivity index (χ0n) is 8.78. The molecule has 2 atom stereocenters. The largest absolute Gasteiger partial charge is 0.359 e. The highest BCUT2D eigenvalue weighted by Gasteiger charge is 2.47. The van der Waals surface area contributed by atoms with Gasteiger partial charge in [-0.2, -0.15) is 0 Å². The Bertz CT molecular complexity index is 581. The van der Waals surface area contributed by atoms with Gasteiger partial charge >= 0.3 is 0 Å². The van der Waals surface area contributed by atoms with Crippen molar-refractivity contribution >= 4 is 31.9 Å². The minimum absolute atomic E-state index is 0.270. The number of benzene rings is 2. The topological polar surface area (TPSA) is 12.5 Å². The molecule has 3 heteroatoms. The lowest BCUT2D eigenvalue weighted by atomic mass is 9.86. The van der Waals surface area contributed by atoms with Crippen molar-refractivity contribution in [2.75, 3.05) is 0 Å². The predicted molar refractivity (Wildman–Crippen MR) is 73.8 cm³/mol. The molecule has 2 aromatic rings. The first-order valence-electron chi connectivity index (χ1n) is 5.49. The molecule has 0 amide bonds. The molecule has 0 saturated carbocycles. The molecule has 1 aliphatic carbocycles. The van der Waals surface area contributed by atoms with Gasteiger partial charge in [-0.25, -0.2) is 0 Å². The maximum absolute atomic E-state index is 5.78.